The van der Waals surface area contributed by atoms with Gasteiger partial charge in [-0.1, -0.05) is 6.07 Å². The van der Waals surface area contributed by atoms with E-state index < -0.39 is 5.97 Å². The van der Waals surface area contributed by atoms with Crippen molar-refractivity contribution in [2.24, 2.45) is 11.7 Å². The molecule has 0 heterocycles. The zero-order valence-corrected chi connectivity index (χ0v) is 11.7. The van der Waals surface area contributed by atoms with E-state index in [1.165, 1.54) is 12.8 Å². The molecule has 0 radical (unpaired) electrons. The lowest BCUT2D eigenvalue weighted by Crippen LogP contribution is -2.12. The maximum Gasteiger partial charge on any atom is 0.303 e. The van der Waals surface area contributed by atoms with Gasteiger partial charge in [0.1, 0.15) is 0 Å². The predicted molar refractivity (Wildman–Crippen MR) is 75.0 cm³/mol. The van der Waals surface area contributed by atoms with Crippen LogP contribution in [0.1, 0.15) is 37.3 Å². The highest BCUT2D eigenvalue weighted by Gasteiger charge is 2.23. The third-order valence-corrected chi connectivity index (χ3v) is 3.46. The van der Waals surface area contributed by atoms with Gasteiger partial charge in [0.2, 0.25) is 0 Å². The monoisotopic (exact) mass is 279 g/mol. The van der Waals surface area contributed by atoms with Crippen LogP contribution in [0.5, 0.6) is 11.5 Å². The Kier molecular flexibility index (Phi) is 4.84. The highest BCUT2D eigenvalue weighted by Crippen LogP contribution is 2.34. The van der Waals surface area contributed by atoms with Crippen molar-refractivity contribution in [2.75, 3.05) is 13.7 Å². The largest absolute Gasteiger partial charge is 0.493 e. The fourth-order valence-electron chi connectivity index (χ4n) is 1.97. The number of hydrogen-bond acceptors (Lipinski definition) is 4. The lowest BCUT2D eigenvalue weighted by Gasteiger charge is -2.15. The summed E-state index contributed by atoms with van der Waals surface area (Å²) in [5.74, 6) is 1.19. The molecule has 1 saturated carbocycles. The van der Waals surface area contributed by atoms with Gasteiger partial charge in [0, 0.05) is 12.5 Å². The van der Waals surface area contributed by atoms with Crippen molar-refractivity contribution in [2.45, 2.75) is 31.7 Å². The second-order valence-corrected chi connectivity index (χ2v) is 5.20. The molecule has 0 amide bonds. The number of benzene rings is 1. The Bertz CT molecular complexity index is 471. The van der Waals surface area contributed by atoms with E-state index in [0.29, 0.717) is 30.4 Å². The minimum atomic E-state index is -0.834. The van der Waals surface area contributed by atoms with Crippen LogP contribution in [-0.2, 0) is 4.79 Å². The van der Waals surface area contributed by atoms with Crippen LogP contribution in [0.2, 0.25) is 0 Å². The molecular weight excluding hydrogens is 258 g/mol. The molecule has 0 bridgehead atoms. The summed E-state index contributed by atoms with van der Waals surface area (Å²) < 4.78 is 11.0. The Morgan fingerprint density at radius 1 is 1.45 bits per heavy atom. The molecule has 1 unspecified atom stereocenters. The molecule has 0 aromatic heterocycles. The quantitative estimate of drug-likeness (QED) is 0.763. The van der Waals surface area contributed by atoms with Gasteiger partial charge in [-0.3, -0.25) is 4.79 Å². The van der Waals surface area contributed by atoms with E-state index in [-0.39, 0.29) is 12.5 Å². The number of methoxy groups -OCH3 is 1. The van der Waals surface area contributed by atoms with Crippen LogP contribution in [0.3, 0.4) is 0 Å². The Hall–Kier alpha value is -1.75. The second-order valence-electron chi connectivity index (χ2n) is 5.20. The molecule has 0 spiro atoms. The van der Waals surface area contributed by atoms with Crippen molar-refractivity contribution in [3.63, 3.8) is 0 Å². The highest BCUT2D eigenvalue weighted by molar-refractivity contribution is 5.66. The molecule has 1 aromatic rings. The minimum absolute atomic E-state index is 0.0610. The molecule has 110 valence electrons. The van der Waals surface area contributed by atoms with Crippen molar-refractivity contribution in [3.8, 4) is 11.5 Å². The Balaban J connectivity index is 2.04. The van der Waals surface area contributed by atoms with Crippen LogP contribution in [0.4, 0.5) is 0 Å². The molecule has 20 heavy (non-hydrogen) atoms. The summed E-state index contributed by atoms with van der Waals surface area (Å²) in [5, 5.41) is 8.70. The third-order valence-electron chi connectivity index (χ3n) is 3.46. The van der Waals surface area contributed by atoms with Gasteiger partial charge in [0.05, 0.1) is 13.7 Å². The van der Waals surface area contributed by atoms with Crippen molar-refractivity contribution in [1.82, 2.24) is 0 Å². The first kappa shape index (κ1) is 14.7. The molecule has 3 N–H and O–H groups in total. The zero-order chi connectivity index (χ0) is 14.5. The average Bonchev–Trinajstić information content (AvgIpc) is 3.26. The number of carboxylic acids is 1. The fraction of sp³-hybridized carbons (Fsp3) is 0.533. The normalized spacial score (nSPS) is 15.7. The molecule has 5 heteroatoms. The third kappa shape index (κ3) is 4.13. The first-order valence-electron chi connectivity index (χ1n) is 6.88. The highest BCUT2D eigenvalue weighted by atomic mass is 16.5. The standard InChI is InChI=1S/C15H21NO4/c1-19-13-6-4-11(12(16)5-7-15(17)18)8-14(13)20-9-10-2-3-10/h4,6,8,10,12H,2-3,5,7,9,16H2,1H3,(H,17,18). The first-order valence-corrected chi connectivity index (χ1v) is 6.88. The molecule has 1 fully saturated rings. The maximum atomic E-state index is 10.6. The molecule has 0 aliphatic heterocycles. The van der Waals surface area contributed by atoms with Gasteiger partial charge in [-0.15, -0.1) is 0 Å². The maximum absolute atomic E-state index is 10.6. The van der Waals surface area contributed by atoms with Gasteiger partial charge in [-0.2, -0.15) is 0 Å². The van der Waals surface area contributed by atoms with E-state index >= 15 is 0 Å². The molecule has 1 aliphatic carbocycles. The van der Waals surface area contributed by atoms with Crippen LogP contribution in [-0.4, -0.2) is 24.8 Å². The number of ether oxygens (including phenoxy) is 2. The van der Waals surface area contributed by atoms with Gasteiger partial charge in [0.25, 0.3) is 0 Å². The molecular formula is C15H21NO4. The number of nitrogens with two attached hydrogens (primary N) is 1. The van der Waals surface area contributed by atoms with E-state index in [1.807, 2.05) is 18.2 Å². The van der Waals surface area contributed by atoms with Crippen LogP contribution in [0, 0.1) is 5.92 Å². The summed E-state index contributed by atoms with van der Waals surface area (Å²) in [6.07, 6.45) is 2.91. The number of aliphatic carboxylic acids is 1. The average molecular weight is 279 g/mol. The SMILES string of the molecule is COc1ccc(C(N)CCC(=O)O)cc1OCC1CC1. The molecule has 5 nitrogen and oxygen atoms in total. The van der Waals surface area contributed by atoms with E-state index in [9.17, 15) is 4.79 Å². The number of carboxylic acid groups (broad SMARTS) is 1. The van der Waals surface area contributed by atoms with E-state index in [1.54, 1.807) is 7.11 Å². The minimum Gasteiger partial charge on any atom is -0.493 e. The number of carbonyl (C=O) groups is 1. The summed E-state index contributed by atoms with van der Waals surface area (Å²) in [6.45, 7) is 0.699. The summed E-state index contributed by atoms with van der Waals surface area (Å²) >= 11 is 0. The van der Waals surface area contributed by atoms with Crippen molar-refractivity contribution in [3.05, 3.63) is 23.8 Å². The summed E-state index contributed by atoms with van der Waals surface area (Å²) in [7, 11) is 1.60. The Labute approximate surface area is 118 Å². The van der Waals surface area contributed by atoms with E-state index in [2.05, 4.69) is 0 Å². The van der Waals surface area contributed by atoms with Gasteiger partial charge in [-0.05, 0) is 42.9 Å². The van der Waals surface area contributed by atoms with Crippen molar-refractivity contribution in [1.29, 1.82) is 0 Å². The molecule has 0 saturated heterocycles. The van der Waals surface area contributed by atoms with Crippen molar-refractivity contribution >= 4 is 5.97 Å². The number of rotatable bonds is 8. The van der Waals surface area contributed by atoms with E-state index in [0.717, 1.165) is 5.56 Å². The second kappa shape index (κ2) is 6.61. The van der Waals surface area contributed by atoms with E-state index in [4.69, 9.17) is 20.3 Å². The summed E-state index contributed by atoms with van der Waals surface area (Å²) in [4.78, 5) is 10.6. The van der Waals surface area contributed by atoms with Crippen LogP contribution in [0.15, 0.2) is 18.2 Å². The molecule has 1 atom stereocenters. The predicted octanol–water partition coefficient (Wildman–Crippen LogP) is 2.35. The van der Waals surface area contributed by atoms with Gasteiger partial charge in [-0.25, -0.2) is 0 Å². The van der Waals surface area contributed by atoms with Crippen molar-refractivity contribution < 1.29 is 19.4 Å². The topological polar surface area (TPSA) is 81.8 Å². The Morgan fingerprint density at radius 3 is 2.80 bits per heavy atom. The van der Waals surface area contributed by atoms with Crippen LogP contribution >= 0.6 is 0 Å². The zero-order valence-electron chi connectivity index (χ0n) is 11.7. The summed E-state index contributed by atoms with van der Waals surface area (Å²) in [6, 6.07) is 5.22. The Morgan fingerprint density at radius 2 is 2.20 bits per heavy atom. The molecule has 1 aromatic carbocycles. The number of hydrogen-bond donors (Lipinski definition) is 2. The smallest absolute Gasteiger partial charge is 0.303 e. The van der Waals surface area contributed by atoms with Crippen LogP contribution in [0.25, 0.3) is 0 Å². The molecule has 1 aliphatic rings. The van der Waals surface area contributed by atoms with Gasteiger partial charge >= 0.3 is 5.97 Å². The lowest BCUT2D eigenvalue weighted by molar-refractivity contribution is -0.137. The summed E-state index contributed by atoms with van der Waals surface area (Å²) in [5.41, 5.74) is 6.89. The lowest BCUT2D eigenvalue weighted by atomic mass is 10.0. The fourth-order valence-corrected chi connectivity index (χ4v) is 1.97. The van der Waals surface area contributed by atoms with Gasteiger partial charge in [0.15, 0.2) is 11.5 Å². The van der Waals surface area contributed by atoms with Crippen LogP contribution < -0.4 is 15.2 Å². The molecule has 2 rings (SSSR count). The van der Waals surface area contributed by atoms with Gasteiger partial charge < -0.3 is 20.3 Å². The first-order chi connectivity index (χ1) is 9.60.